The summed E-state index contributed by atoms with van der Waals surface area (Å²) in [6.07, 6.45) is 2.64. The molecule has 0 aromatic heterocycles. The lowest BCUT2D eigenvalue weighted by atomic mass is 10.2. The van der Waals surface area contributed by atoms with Gasteiger partial charge in [0, 0.05) is 12.6 Å². The molecule has 0 bridgehead atoms. The smallest absolute Gasteiger partial charge is 0.221 e. The second-order valence-electron chi connectivity index (χ2n) is 3.37. The number of unbranched alkanes of at least 4 members (excludes halogenated alkanes) is 1. The van der Waals surface area contributed by atoms with Gasteiger partial charge in [-0.05, 0) is 18.2 Å². The van der Waals surface area contributed by atoms with Crippen molar-refractivity contribution in [1.82, 2.24) is 0 Å². The summed E-state index contributed by atoms with van der Waals surface area (Å²) in [4.78, 5) is 10.6. The molecule has 0 aliphatic heterocycles. The third-order valence-corrected chi connectivity index (χ3v) is 1.81. The van der Waals surface area contributed by atoms with Gasteiger partial charge in [-0.2, -0.15) is 5.26 Å². The van der Waals surface area contributed by atoms with Gasteiger partial charge in [-0.25, -0.2) is 0 Å². The summed E-state index contributed by atoms with van der Waals surface area (Å²) in [5.74, 6) is -0.134. The maximum Gasteiger partial charge on any atom is 0.221 e. The van der Waals surface area contributed by atoms with Crippen molar-refractivity contribution in [2.24, 2.45) is 0 Å². The molecule has 100 valence electrons. The van der Waals surface area contributed by atoms with Gasteiger partial charge in [-0.15, -0.1) is 0 Å². The number of hydrogen-bond acceptors (Lipinski definition) is 2. The van der Waals surface area contributed by atoms with Crippen molar-refractivity contribution < 1.29 is 4.79 Å². The minimum Gasteiger partial charge on any atom is -0.326 e. The van der Waals surface area contributed by atoms with Gasteiger partial charge in [-0.1, -0.05) is 46.6 Å². The molecule has 0 radical (unpaired) electrons. The first kappa shape index (κ1) is 18.5. The zero-order valence-electron chi connectivity index (χ0n) is 12.1. The van der Waals surface area contributed by atoms with E-state index in [4.69, 9.17) is 5.26 Å². The number of amides is 1. The molecule has 0 fully saturated rings. The van der Waals surface area contributed by atoms with Gasteiger partial charge in [0.2, 0.25) is 5.91 Å². The zero-order valence-corrected chi connectivity index (χ0v) is 12.1. The van der Waals surface area contributed by atoms with E-state index in [1.54, 1.807) is 24.3 Å². The molecule has 1 aromatic rings. The molecule has 0 aliphatic carbocycles. The van der Waals surface area contributed by atoms with Crippen LogP contribution in [-0.4, -0.2) is 5.91 Å². The summed E-state index contributed by atoms with van der Waals surface area (Å²) >= 11 is 0. The maximum atomic E-state index is 10.6. The Morgan fingerprint density at radius 2 is 1.83 bits per heavy atom. The minimum absolute atomic E-state index is 0.134. The molecule has 3 nitrogen and oxygen atoms in total. The van der Waals surface area contributed by atoms with Crippen molar-refractivity contribution in [3.63, 3.8) is 0 Å². The van der Waals surface area contributed by atoms with Crippen molar-refractivity contribution in [3.05, 3.63) is 29.8 Å². The minimum atomic E-state index is -0.134. The highest BCUT2D eigenvalue weighted by Gasteiger charge is 1.95. The lowest BCUT2D eigenvalue weighted by Crippen LogP contribution is -2.05. The van der Waals surface area contributed by atoms with E-state index in [0.717, 1.165) is 0 Å². The lowest BCUT2D eigenvalue weighted by molar-refractivity contribution is -0.114. The third kappa shape index (κ3) is 10.7. The predicted molar refractivity (Wildman–Crippen MR) is 77.4 cm³/mol. The Labute approximate surface area is 111 Å². The van der Waals surface area contributed by atoms with Crippen molar-refractivity contribution in [2.75, 3.05) is 5.32 Å². The zero-order chi connectivity index (χ0) is 14.4. The number of benzene rings is 1. The van der Waals surface area contributed by atoms with Crippen molar-refractivity contribution in [2.45, 2.75) is 47.5 Å². The van der Waals surface area contributed by atoms with E-state index >= 15 is 0 Å². The number of anilines is 1. The van der Waals surface area contributed by atoms with Crippen LogP contribution in [0.3, 0.4) is 0 Å². The van der Waals surface area contributed by atoms with Crippen LogP contribution < -0.4 is 5.32 Å². The molecule has 1 rings (SSSR count). The molecule has 0 saturated carbocycles. The van der Waals surface area contributed by atoms with E-state index in [0.29, 0.717) is 11.3 Å². The van der Waals surface area contributed by atoms with E-state index in [1.807, 2.05) is 19.9 Å². The monoisotopic (exact) mass is 248 g/mol. The molecule has 0 atom stereocenters. The molecule has 0 saturated heterocycles. The summed E-state index contributed by atoms with van der Waals surface area (Å²) in [6.45, 7) is 9.79. The van der Waals surface area contributed by atoms with Crippen LogP contribution in [0.4, 0.5) is 5.69 Å². The number of nitrogens with zero attached hydrogens (tertiary/aromatic N) is 1. The van der Waals surface area contributed by atoms with E-state index in [-0.39, 0.29) is 5.91 Å². The van der Waals surface area contributed by atoms with Crippen molar-refractivity contribution >= 4 is 11.6 Å². The second kappa shape index (κ2) is 13.2. The Morgan fingerprint density at radius 3 is 2.22 bits per heavy atom. The van der Waals surface area contributed by atoms with Gasteiger partial charge in [0.25, 0.3) is 0 Å². The third-order valence-electron chi connectivity index (χ3n) is 1.81. The molecular weight excluding hydrogens is 224 g/mol. The molecule has 0 aliphatic rings. The van der Waals surface area contributed by atoms with E-state index in [1.165, 1.54) is 19.8 Å². The van der Waals surface area contributed by atoms with Crippen LogP contribution in [0.1, 0.15) is 53.0 Å². The standard InChI is InChI=1S/C9H8N2O.C4H10.C2H6/c1-7(12)11-9-4-2-3-8(5-9)6-10;1-3-4-2;1-2/h2-5H,1H3,(H,11,12);3-4H2,1-2H3;1-2H3. The van der Waals surface area contributed by atoms with Crippen LogP contribution >= 0.6 is 0 Å². The number of carbonyl (C=O) groups is 1. The number of nitrogens with one attached hydrogen (secondary N) is 1. The first-order valence-corrected chi connectivity index (χ1v) is 6.41. The number of rotatable bonds is 2. The highest BCUT2D eigenvalue weighted by molar-refractivity contribution is 5.88. The van der Waals surface area contributed by atoms with Crippen molar-refractivity contribution in [1.29, 1.82) is 5.26 Å². The van der Waals surface area contributed by atoms with Gasteiger partial charge in [-0.3, -0.25) is 4.79 Å². The van der Waals surface area contributed by atoms with Crippen LogP contribution in [0.15, 0.2) is 24.3 Å². The molecule has 18 heavy (non-hydrogen) atoms. The van der Waals surface area contributed by atoms with Crippen LogP contribution in [0.25, 0.3) is 0 Å². The Morgan fingerprint density at radius 1 is 1.28 bits per heavy atom. The average molecular weight is 248 g/mol. The first-order chi connectivity index (χ1) is 8.63. The first-order valence-electron chi connectivity index (χ1n) is 6.41. The highest BCUT2D eigenvalue weighted by atomic mass is 16.1. The molecule has 0 unspecified atom stereocenters. The fraction of sp³-hybridized carbons (Fsp3) is 0.467. The summed E-state index contributed by atoms with van der Waals surface area (Å²) in [5.41, 5.74) is 1.20. The molecule has 0 spiro atoms. The molecule has 3 heteroatoms. The predicted octanol–water partition coefficient (Wildman–Crippen LogP) is 4.35. The molecule has 1 N–H and O–H groups in total. The normalized spacial score (nSPS) is 7.78. The number of hydrogen-bond donors (Lipinski definition) is 1. The Hall–Kier alpha value is -1.82. The number of nitriles is 1. The SMILES string of the molecule is CC.CC(=O)Nc1cccc(C#N)c1.CCCC. The van der Waals surface area contributed by atoms with Gasteiger partial charge < -0.3 is 5.32 Å². The molecule has 1 aromatic carbocycles. The average Bonchev–Trinajstić information content (AvgIpc) is 2.41. The fourth-order valence-electron chi connectivity index (χ4n) is 0.870. The quantitative estimate of drug-likeness (QED) is 0.846. The summed E-state index contributed by atoms with van der Waals surface area (Å²) in [6, 6.07) is 8.77. The van der Waals surface area contributed by atoms with E-state index in [2.05, 4.69) is 19.2 Å². The largest absolute Gasteiger partial charge is 0.326 e. The Kier molecular flexibility index (Phi) is 13.6. The number of carbonyl (C=O) groups excluding carboxylic acids is 1. The van der Waals surface area contributed by atoms with Gasteiger partial charge in [0.15, 0.2) is 0 Å². The lowest BCUT2D eigenvalue weighted by Gasteiger charge is -2.00. The van der Waals surface area contributed by atoms with Crippen molar-refractivity contribution in [3.8, 4) is 6.07 Å². The van der Waals surface area contributed by atoms with Crippen LogP contribution in [0.5, 0.6) is 0 Å². The van der Waals surface area contributed by atoms with Crippen LogP contribution in [0, 0.1) is 11.3 Å². The highest BCUT2D eigenvalue weighted by Crippen LogP contribution is 2.08. The molecule has 1 amide bonds. The van der Waals surface area contributed by atoms with Gasteiger partial charge in [0.05, 0.1) is 11.6 Å². The Balaban J connectivity index is 0. The van der Waals surface area contributed by atoms with Gasteiger partial charge >= 0.3 is 0 Å². The summed E-state index contributed by atoms with van der Waals surface area (Å²) in [7, 11) is 0. The van der Waals surface area contributed by atoms with Crippen LogP contribution in [-0.2, 0) is 4.79 Å². The summed E-state index contributed by atoms with van der Waals surface area (Å²) < 4.78 is 0. The maximum absolute atomic E-state index is 10.6. The summed E-state index contributed by atoms with van der Waals surface area (Å²) in [5, 5.41) is 11.1. The Bertz CT molecular complexity index is 365. The molecular formula is C15H24N2O. The topological polar surface area (TPSA) is 52.9 Å². The van der Waals surface area contributed by atoms with Gasteiger partial charge in [0.1, 0.15) is 0 Å². The van der Waals surface area contributed by atoms with Crippen LogP contribution in [0.2, 0.25) is 0 Å². The van der Waals surface area contributed by atoms with E-state index < -0.39 is 0 Å². The molecule has 0 heterocycles. The van der Waals surface area contributed by atoms with E-state index in [9.17, 15) is 4.79 Å². The second-order valence-corrected chi connectivity index (χ2v) is 3.37. The fourth-order valence-corrected chi connectivity index (χ4v) is 0.870.